The molecular formula is C28H30N4OS. The highest BCUT2D eigenvalue weighted by molar-refractivity contribution is 7.99. The quantitative estimate of drug-likeness (QED) is 0.306. The molecule has 0 aliphatic rings. The summed E-state index contributed by atoms with van der Waals surface area (Å²) in [7, 11) is 0. The Morgan fingerprint density at radius 1 is 0.912 bits per heavy atom. The zero-order valence-electron chi connectivity index (χ0n) is 20.0. The second-order valence-electron chi connectivity index (χ2n) is 8.71. The number of amides is 1. The molecule has 0 bridgehead atoms. The average molecular weight is 471 g/mol. The molecule has 1 aromatic heterocycles. The number of carbonyl (C=O) groups excluding carboxylic acids is 1. The highest BCUT2D eigenvalue weighted by atomic mass is 32.2. The van der Waals surface area contributed by atoms with Gasteiger partial charge in [-0.05, 0) is 37.0 Å². The van der Waals surface area contributed by atoms with Crippen LogP contribution in [0.25, 0.3) is 17.1 Å². The van der Waals surface area contributed by atoms with Crippen molar-refractivity contribution in [1.29, 1.82) is 0 Å². The first kappa shape index (κ1) is 23.8. The second kappa shape index (κ2) is 10.7. The van der Waals surface area contributed by atoms with Crippen LogP contribution in [-0.2, 0) is 4.79 Å². The highest BCUT2D eigenvalue weighted by Gasteiger charge is 2.20. The van der Waals surface area contributed by atoms with Gasteiger partial charge >= 0.3 is 0 Å². The fraction of sp³-hybridized carbons (Fsp3) is 0.250. The van der Waals surface area contributed by atoms with Crippen molar-refractivity contribution in [3.05, 3.63) is 95.6 Å². The summed E-state index contributed by atoms with van der Waals surface area (Å²) >= 11 is 1.40. The van der Waals surface area contributed by atoms with Gasteiger partial charge in [0.15, 0.2) is 11.0 Å². The van der Waals surface area contributed by atoms with Crippen LogP contribution in [0.5, 0.6) is 0 Å². The van der Waals surface area contributed by atoms with E-state index in [1.165, 1.54) is 22.9 Å². The molecule has 34 heavy (non-hydrogen) atoms. The first-order valence-corrected chi connectivity index (χ1v) is 12.5. The zero-order chi connectivity index (χ0) is 24.1. The summed E-state index contributed by atoms with van der Waals surface area (Å²) in [4.78, 5) is 12.7. The molecule has 0 saturated carbocycles. The number of para-hydroxylation sites is 1. The number of nitrogens with zero attached hydrogens (tertiary/aromatic N) is 3. The van der Waals surface area contributed by atoms with Crippen LogP contribution in [0.15, 0.2) is 84.0 Å². The molecule has 3 aromatic carbocycles. The molecule has 0 radical (unpaired) electrons. The van der Waals surface area contributed by atoms with Gasteiger partial charge in [-0.15, -0.1) is 10.2 Å². The molecule has 4 aromatic rings. The lowest BCUT2D eigenvalue weighted by atomic mass is 10.0. The molecule has 174 valence electrons. The van der Waals surface area contributed by atoms with Crippen LogP contribution in [0, 0.1) is 6.92 Å². The first-order valence-electron chi connectivity index (χ1n) is 11.5. The van der Waals surface area contributed by atoms with E-state index in [1.54, 1.807) is 0 Å². The second-order valence-corrected chi connectivity index (χ2v) is 9.65. The van der Waals surface area contributed by atoms with Gasteiger partial charge in [0.05, 0.1) is 17.5 Å². The summed E-state index contributed by atoms with van der Waals surface area (Å²) in [5.41, 5.74) is 5.51. The van der Waals surface area contributed by atoms with E-state index in [0.29, 0.717) is 11.1 Å². The van der Waals surface area contributed by atoms with E-state index in [0.717, 1.165) is 22.6 Å². The third kappa shape index (κ3) is 5.39. The molecule has 0 spiro atoms. The smallest absolute Gasteiger partial charge is 0.230 e. The van der Waals surface area contributed by atoms with Gasteiger partial charge in [0, 0.05) is 5.56 Å². The van der Waals surface area contributed by atoms with E-state index in [-0.39, 0.29) is 17.7 Å². The van der Waals surface area contributed by atoms with E-state index in [9.17, 15) is 4.79 Å². The first-order chi connectivity index (χ1) is 16.4. The van der Waals surface area contributed by atoms with Crippen LogP contribution in [0.1, 0.15) is 49.4 Å². The average Bonchev–Trinajstić information content (AvgIpc) is 3.27. The molecule has 0 aliphatic carbocycles. The minimum absolute atomic E-state index is 0.0371. The zero-order valence-corrected chi connectivity index (χ0v) is 20.8. The van der Waals surface area contributed by atoms with Gasteiger partial charge in [0.25, 0.3) is 0 Å². The number of hydrogen-bond acceptors (Lipinski definition) is 4. The Bertz CT molecular complexity index is 1250. The molecule has 1 heterocycles. The topological polar surface area (TPSA) is 59.8 Å². The predicted molar refractivity (Wildman–Crippen MR) is 139 cm³/mol. The number of hydrogen-bond donors (Lipinski definition) is 1. The van der Waals surface area contributed by atoms with Gasteiger partial charge in [-0.1, -0.05) is 104 Å². The number of rotatable bonds is 8. The summed E-state index contributed by atoms with van der Waals surface area (Å²) < 4.78 is 2.08. The van der Waals surface area contributed by atoms with Gasteiger partial charge in [-0.2, -0.15) is 0 Å². The van der Waals surface area contributed by atoms with E-state index in [1.807, 2.05) is 43.3 Å². The summed E-state index contributed by atoms with van der Waals surface area (Å²) in [5, 5.41) is 12.8. The lowest BCUT2D eigenvalue weighted by Crippen LogP contribution is -2.28. The lowest BCUT2D eigenvalue weighted by Gasteiger charge is -2.17. The maximum Gasteiger partial charge on any atom is 0.230 e. The van der Waals surface area contributed by atoms with Gasteiger partial charge in [-0.25, -0.2) is 0 Å². The maximum absolute atomic E-state index is 12.7. The maximum atomic E-state index is 12.7. The molecule has 5 nitrogen and oxygen atoms in total. The van der Waals surface area contributed by atoms with Crippen molar-refractivity contribution in [2.45, 2.75) is 44.8 Å². The fourth-order valence-electron chi connectivity index (χ4n) is 3.89. The molecule has 1 atom stereocenters. The van der Waals surface area contributed by atoms with Gasteiger partial charge < -0.3 is 5.32 Å². The molecule has 0 aliphatic heterocycles. The van der Waals surface area contributed by atoms with Crippen LogP contribution < -0.4 is 5.32 Å². The molecule has 1 amide bonds. The van der Waals surface area contributed by atoms with E-state index in [2.05, 4.69) is 83.3 Å². The van der Waals surface area contributed by atoms with Gasteiger partial charge in [0.2, 0.25) is 5.91 Å². The summed E-state index contributed by atoms with van der Waals surface area (Å²) in [6.07, 6.45) is 0. The summed E-state index contributed by atoms with van der Waals surface area (Å²) in [6.45, 7) is 8.42. The van der Waals surface area contributed by atoms with Crippen LogP contribution in [0.2, 0.25) is 0 Å². The molecule has 0 saturated heterocycles. The lowest BCUT2D eigenvalue weighted by molar-refractivity contribution is -0.119. The fourth-order valence-corrected chi connectivity index (χ4v) is 4.64. The Balaban J connectivity index is 1.63. The molecule has 1 unspecified atom stereocenters. The SMILES string of the molecule is Cc1ccc(-c2nnc(SCC(=O)NC(C)c3ccccc3)n2-c2ccccc2C(C)C)cc1. The molecule has 4 rings (SSSR count). The molecular weight excluding hydrogens is 440 g/mol. The van der Waals surface area contributed by atoms with Crippen molar-refractivity contribution >= 4 is 17.7 Å². The minimum atomic E-state index is -0.0584. The molecule has 1 N–H and O–H groups in total. The van der Waals surface area contributed by atoms with E-state index >= 15 is 0 Å². The number of thioether (sulfide) groups is 1. The standard InChI is InChI=1S/C28H30N4OS/c1-19(2)24-12-8-9-13-25(24)32-27(23-16-14-20(3)15-17-23)30-31-28(32)34-18-26(33)29-21(4)22-10-6-5-7-11-22/h5-17,19,21H,18H2,1-4H3,(H,29,33). The Morgan fingerprint density at radius 2 is 1.59 bits per heavy atom. The number of aromatic nitrogens is 3. The number of carbonyl (C=O) groups is 1. The third-order valence-electron chi connectivity index (χ3n) is 5.75. The van der Waals surface area contributed by atoms with Crippen LogP contribution in [0.3, 0.4) is 0 Å². The number of aryl methyl sites for hydroxylation is 1. The molecule has 6 heteroatoms. The van der Waals surface area contributed by atoms with Crippen molar-refractivity contribution in [2.24, 2.45) is 0 Å². The molecule has 0 fully saturated rings. The van der Waals surface area contributed by atoms with Crippen LogP contribution in [0.4, 0.5) is 0 Å². The van der Waals surface area contributed by atoms with E-state index < -0.39 is 0 Å². The Kier molecular flexibility index (Phi) is 7.48. The Hall–Kier alpha value is -3.38. The van der Waals surface area contributed by atoms with E-state index in [4.69, 9.17) is 0 Å². The van der Waals surface area contributed by atoms with Crippen molar-refractivity contribution in [3.8, 4) is 17.1 Å². The largest absolute Gasteiger partial charge is 0.349 e. The minimum Gasteiger partial charge on any atom is -0.349 e. The van der Waals surface area contributed by atoms with Gasteiger partial charge in [-0.3, -0.25) is 9.36 Å². The summed E-state index contributed by atoms with van der Waals surface area (Å²) in [5.74, 6) is 1.32. The normalized spacial score (nSPS) is 12.0. The van der Waals surface area contributed by atoms with Crippen LogP contribution in [-0.4, -0.2) is 26.4 Å². The number of nitrogens with one attached hydrogen (secondary N) is 1. The monoisotopic (exact) mass is 470 g/mol. The van der Waals surface area contributed by atoms with Crippen molar-refractivity contribution in [1.82, 2.24) is 20.1 Å². The van der Waals surface area contributed by atoms with Crippen molar-refractivity contribution < 1.29 is 4.79 Å². The Labute approximate surface area is 205 Å². The third-order valence-corrected chi connectivity index (χ3v) is 6.68. The predicted octanol–water partition coefficient (Wildman–Crippen LogP) is 6.34. The number of benzene rings is 3. The van der Waals surface area contributed by atoms with Crippen LogP contribution >= 0.6 is 11.8 Å². The Morgan fingerprint density at radius 3 is 2.29 bits per heavy atom. The van der Waals surface area contributed by atoms with Crippen molar-refractivity contribution in [2.75, 3.05) is 5.75 Å². The van der Waals surface area contributed by atoms with Crippen molar-refractivity contribution in [3.63, 3.8) is 0 Å². The van der Waals surface area contributed by atoms with Gasteiger partial charge in [0.1, 0.15) is 0 Å². The summed E-state index contributed by atoms with van der Waals surface area (Å²) in [6, 6.07) is 26.5. The highest BCUT2D eigenvalue weighted by Crippen LogP contribution is 2.32.